The van der Waals surface area contributed by atoms with Gasteiger partial charge in [-0.2, -0.15) is 0 Å². The van der Waals surface area contributed by atoms with Gasteiger partial charge in [-0.3, -0.25) is 9.69 Å². The van der Waals surface area contributed by atoms with Crippen molar-refractivity contribution in [3.63, 3.8) is 0 Å². The Hall–Kier alpha value is -0.970. The molecule has 72 valence electrons. The second kappa shape index (κ2) is 3.83. The number of hydrogen-bond acceptors (Lipinski definition) is 3. The van der Waals surface area contributed by atoms with E-state index in [1.54, 1.807) is 7.05 Å². The van der Waals surface area contributed by atoms with Gasteiger partial charge in [-0.05, 0) is 25.6 Å². The molecule has 5 heteroatoms. The molecule has 0 aliphatic carbocycles. The summed E-state index contributed by atoms with van der Waals surface area (Å²) in [5.41, 5.74) is 0. The Kier molecular flexibility index (Phi) is 2.98. The van der Waals surface area contributed by atoms with Crippen molar-refractivity contribution >= 4 is 29.0 Å². The fourth-order valence-corrected chi connectivity index (χ4v) is 1.42. The van der Waals surface area contributed by atoms with E-state index in [-0.39, 0.29) is 17.7 Å². The maximum absolute atomic E-state index is 11.4. The van der Waals surface area contributed by atoms with E-state index in [9.17, 15) is 9.59 Å². The van der Waals surface area contributed by atoms with Gasteiger partial charge in [-0.25, -0.2) is 0 Å². The van der Waals surface area contributed by atoms with Gasteiger partial charge >= 0.3 is 0 Å². The van der Waals surface area contributed by atoms with Crippen LogP contribution in [-0.4, -0.2) is 34.8 Å². The van der Waals surface area contributed by atoms with Gasteiger partial charge in [0.15, 0.2) is 5.11 Å². The summed E-state index contributed by atoms with van der Waals surface area (Å²) in [6.45, 7) is 1.52. The Labute approximate surface area is 82.3 Å². The molecule has 1 amide bonds. The lowest BCUT2D eigenvalue weighted by molar-refractivity contribution is -0.126. The van der Waals surface area contributed by atoms with E-state index in [1.165, 1.54) is 11.8 Å². The third-order valence-electron chi connectivity index (χ3n) is 2.02. The first kappa shape index (κ1) is 10.1. The standard InChI is InChI=1S/C8H12N2O2S/c1-5(11)3-4-6-7(12)10(2)8(13)9-6/h6H,3-4H2,1-2H3,(H,9,13). The Morgan fingerprint density at radius 1 is 1.69 bits per heavy atom. The molecule has 1 saturated heterocycles. The van der Waals surface area contributed by atoms with Gasteiger partial charge in [0.2, 0.25) is 0 Å². The van der Waals surface area contributed by atoms with E-state index in [0.29, 0.717) is 18.0 Å². The summed E-state index contributed by atoms with van der Waals surface area (Å²) in [4.78, 5) is 23.5. The summed E-state index contributed by atoms with van der Waals surface area (Å²) in [6, 6.07) is -0.304. The first-order valence-electron chi connectivity index (χ1n) is 4.10. The zero-order chi connectivity index (χ0) is 10.0. The molecule has 0 radical (unpaired) electrons. The van der Waals surface area contributed by atoms with Gasteiger partial charge in [0.25, 0.3) is 5.91 Å². The third kappa shape index (κ3) is 2.24. The number of amides is 1. The van der Waals surface area contributed by atoms with Gasteiger partial charge in [0, 0.05) is 13.5 Å². The molecule has 0 bridgehead atoms. The van der Waals surface area contributed by atoms with Gasteiger partial charge in [-0.15, -0.1) is 0 Å². The van der Waals surface area contributed by atoms with Crippen LogP contribution in [0.5, 0.6) is 0 Å². The van der Waals surface area contributed by atoms with Crippen molar-refractivity contribution in [2.45, 2.75) is 25.8 Å². The highest BCUT2D eigenvalue weighted by atomic mass is 32.1. The molecule has 1 aliphatic heterocycles. The number of nitrogens with zero attached hydrogens (tertiary/aromatic N) is 1. The highest BCUT2D eigenvalue weighted by Crippen LogP contribution is 2.09. The molecular formula is C8H12N2O2S. The minimum atomic E-state index is -0.304. The monoisotopic (exact) mass is 200 g/mol. The largest absolute Gasteiger partial charge is 0.350 e. The lowest BCUT2D eigenvalue weighted by Crippen LogP contribution is -2.29. The Morgan fingerprint density at radius 3 is 2.69 bits per heavy atom. The van der Waals surface area contributed by atoms with Crippen LogP contribution in [0.3, 0.4) is 0 Å². The van der Waals surface area contributed by atoms with Crippen molar-refractivity contribution in [3.05, 3.63) is 0 Å². The predicted octanol–water partition coefficient (Wildman–Crippen LogP) is 0.0707. The topological polar surface area (TPSA) is 49.4 Å². The number of nitrogens with one attached hydrogen (secondary N) is 1. The molecule has 13 heavy (non-hydrogen) atoms. The van der Waals surface area contributed by atoms with Crippen molar-refractivity contribution in [1.29, 1.82) is 0 Å². The molecule has 1 heterocycles. The molecule has 1 rings (SSSR count). The number of likely N-dealkylation sites (N-methyl/N-ethyl adjacent to an activating group) is 1. The van der Waals surface area contributed by atoms with Crippen LogP contribution < -0.4 is 5.32 Å². The van der Waals surface area contributed by atoms with E-state index in [4.69, 9.17) is 12.2 Å². The first-order chi connectivity index (χ1) is 6.02. The fraction of sp³-hybridized carbons (Fsp3) is 0.625. The lowest BCUT2D eigenvalue weighted by atomic mass is 10.1. The van der Waals surface area contributed by atoms with Crippen molar-refractivity contribution in [2.75, 3.05) is 7.05 Å². The fourth-order valence-electron chi connectivity index (χ4n) is 1.18. The summed E-state index contributed by atoms with van der Waals surface area (Å²) in [7, 11) is 1.63. The van der Waals surface area contributed by atoms with Crippen LogP contribution in [0.1, 0.15) is 19.8 Å². The molecule has 0 aromatic heterocycles. The van der Waals surface area contributed by atoms with E-state index in [1.807, 2.05) is 0 Å². The number of carbonyl (C=O) groups is 2. The van der Waals surface area contributed by atoms with Crippen LogP contribution in [0.15, 0.2) is 0 Å². The van der Waals surface area contributed by atoms with Crippen LogP contribution >= 0.6 is 12.2 Å². The van der Waals surface area contributed by atoms with E-state index >= 15 is 0 Å². The molecule has 4 nitrogen and oxygen atoms in total. The average molecular weight is 200 g/mol. The lowest BCUT2D eigenvalue weighted by Gasteiger charge is -2.06. The van der Waals surface area contributed by atoms with E-state index < -0.39 is 0 Å². The smallest absolute Gasteiger partial charge is 0.251 e. The van der Waals surface area contributed by atoms with Gasteiger partial charge < -0.3 is 10.1 Å². The average Bonchev–Trinajstić information content (AvgIpc) is 2.29. The van der Waals surface area contributed by atoms with Crippen molar-refractivity contribution < 1.29 is 9.59 Å². The molecule has 0 saturated carbocycles. The Morgan fingerprint density at radius 2 is 2.31 bits per heavy atom. The third-order valence-corrected chi connectivity index (χ3v) is 2.41. The zero-order valence-electron chi connectivity index (χ0n) is 7.66. The molecule has 1 atom stereocenters. The summed E-state index contributed by atoms with van der Waals surface area (Å²) in [5, 5.41) is 3.31. The molecular weight excluding hydrogens is 188 g/mol. The highest BCUT2D eigenvalue weighted by molar-refractivity contribution is 7.80. The summed E-state index contributed by atoms with van der Waals surface area (Å²) in [6.07, 6.45) is 0.943. The Bertz CT molecular complexity index is 265. The van der Waals surface area contributed by atoms with Crippen LogP contribution in [0.25, 0.3) is 0 Å². The minimum Gasteiger partial charge on any atom is -0.350 e. The maximum Gasteiger partial charge on any atom is 0.251 e. The minimum absolute atomic E-state index is 0.0498. The highest BCUT2D eigenvalue weighted by Gasteiger charge is 2.32. The van der Waals surface area contributed by atoms with Crippen LogP contribution in [0, 0.1) is 0 Å². The molecule has 0 aromatic carbocycles. The van der Waals surface area contributed by atoms with E-state index in [2.05, 4.69) is 5.32 Å². The normalized spacial score (nSPS) is 22.0. The molecule has 1 fully saturated rings. The summed E-state index contributed by atoms with van der Waals surface area (Å²) in [5.74, 6) is 0.0429. The second-order valence-electron chi connectivity index (χ2n) is 3.14. The molecule has 0 spiro atoms. The number of Topliss-reactive ketones (excluding diaryl/α,β-unsaturated/α-hetero) is 1. The quantitative estimate of drug-likeness (QED) is 0.655. The zero-order valence-corrected chi connectivity index (χ0v) is 8.48. The number of carbonyl (C=O) groups excluding carboxylic acids is 2. The number of hydrogen-bond donors (Lipinski definition) is 1. The van der Waals surface area contributed by atoms with Gasteiger partial charge in [-0.1, -0.05) is 0 Å². The van der Waals surface area contributed by atoms with Crippen LogP contribution in [0.2, 0.25) is 0 Å². The number of thiocarbonyl (C=S) groups is 1. The molecule has 1 N–H and O–H groups in total. The summed E-state index contributed by atoms with van der Waals surface area (Å²) >= 11 is 4.88. The molecule has 1 unspecified atom stereocenters. The number of rotatable bonds is 3. The van der Waals surface area contributed by atoms with Gasteiger partial charge in [0.1, 0.15) is 11.8 Å². The van der Waals surface area contributed by atoms with Crippen LogP contribution in [0.4, 0.5) is 0 Å². The number of ketones is 1. The molecule has 1 aliphatic rings. The molecule has 0 aromatic rings. The summed E-state index contributed by atoms with van der Waals surface area (Å²) < 4.78 is 0. The maximum atomic E-state index is 11.4. The van der Waals surface area contributed by atoms with Crippen LogP contribution in [-0.2, 0) is 9.59 Å². The van der Waals surface area contributed by atoms with E-state index in [0.717, 1.165) is 0 Å². The Balaban J connectivity index is 2.49. The van der Waals surface area contributed by atoms with Crippen molar-refractivity contribution in [2.24, 2.45) is 0 Å². The predicted molar refractivity (Wildman–Crippen MR) is 52.2 cm³/mol. The first-order valence-corrected chi connectivity index (χ1v) is 4.50. The van der Waals surface area contributed by atoms with Crippen molar-refractivity contribution in [3.8, 4) is 0 Å². The SMILES string of the molecule is CC(=O)CCC1NC(=S)N(C)C1=O. The van der Waals surface area contributed by atoms with Crippen molar-refractivity contribution in [1.82, 2.24) is 10.2 Å². The van der Waals surface area contributed by atoms with Gasteiger partial charge in [0.05, 0.1) is 0 Å². The second-order valence-corrected chi connectivity index (χ2v) is 3.53.